The Bertz CT molecular complexity index is 1170. The zero-order chi connectivity index (χ0) is 25.8. The molecule has 2 amide bonds. The first kappa shape index (κ1) is 26.9. The van der Waals surface area contributed by atoms with Crippen molar-refractivity contribution < 1.29 is 22.4 Å². The molecule has 0 saturated heterocycles. The number of aryl methyl sites for hydroxylation is 1. The van der Waals surface area contributed by atoms with Gasteiger partial charge in [-0.15, -0.1) is 0 Å². The van der Waals surface area contributed by atoms with E-state index in [1.165, 1.54) is 35.2 Å². The van der Waals surface area contributed by atoms with Crippen LogP contribution in [0.5, 0.6) is 0 Å². The summed E-state index contributed by atoms with van der Waals surface area (Å²) in [7, 11) is -3.85. The Labute approximate surface area is 211 Å². The normalized spacial score (nSPS) is 15.0. The number of sulfonamides is 1. The number of halogens is 2. The van der Waals surface area contributed by atoms with Crippen molar-refractivity contribution in [3.05, 3.63) is 64.4 Å². The standard InChI is InChI=1S/C25H31ClFN3O4S/c1-17-8-11-20(26)14-23(17)30(35(3,33)34)16-24(31)29(15-19-9-12-21(27)13-10-19)18(2)25(32)28-22-6-4-5-7-22/h8-14,18,22H,4-7,15-16H2,1-3H3,(H,28,32)/t18-/m0/s1. The highest BCUT2D eigenvalue weighted by Crippen LogP contribution is 2.27. The van der Waals surface area contributed by atoms with E-state index in [-0.39, 0.29) is 24.2 Å². The van der Waals surface area contributed by atoms with Gasteiger partial charge in [0.15, 0.2) is 0 Å². The molecule has 1 fully saturated rings. The predicted octanol–water partition coefficient (Wildman–Crippen LogP) is 4.03. The van der Waals surface area contributed by atoms with Gasteiger partial charge in [-0.1, -0.05) is 42.6 Å². The fourth-order valence-corrected chi connectivity index (χ4v) is 5.27. The Hall–Kier alpha value is -2.65. The van der Waals surface area contributed by atoms with Crippen LogP contribution in [0.15, 0.2) is 42.5 Å². The molecule has 2 aromatic carbocycles. The number of rotatable bonds is 9. The molecule has 0 radical (unpaired) electrons. The Balaban J connectivity index is 1.90. The van der Waals surface area contributed by atoms with Crippen molar-refractivity contribution in [2.24, 2.45) is 0 Å². The molecule has 0 aliphatic heterocycles. The summed E-state index contributed by atoms with van der Waals surface area (Å²) in [5, 5.41) is 3.33. The number of hydrogen-bond acceptors (Lipinski definition) is 4. The van der Waals surface area contributed by atoms with E-state index < -0.39 is 34.3 Å². The second kappa shape index (κ2) is 11.4. The fraction of sp³-hybridized carbons (Fsp3) is 0.440. The molecule has 1 aliphatic carbocycles. The number of nitrogens with one attached hydrogen (secondary N) is 1. The summed E-state index contributed by atoms with van der Waals surface area (Å²) in [5.41, 5.74) is 1.54. The van der Waals surface area contributed by atoms with Gasteiger partial charge < -0.3 is 10.2 Å². The van der Waals surface area contributed by atoms with Crippen molar-refractivity contribution in [2.75, 3.05) is 17.1 Å². The van der Waals surface area contributed by atoms with Gasteiger partial charge in [0.05, 0.1) is 11.9 Å². The number of nitrogens with zero attached hydrogens (tertiary/aromatic N) is 2. The summed E-state index contributed by atoms with van der Waals surface area (Å²) in [6.07, 6.45) is 4.88. The highest BCUT2D eigenvalue weighted by atomic mass is 35.5. The molecule has 0 heterocycles. The van der Waals surface area contributed by atoms with Gasteiger partial charge in [-0.05, 0) is 62.1 Å². The lowest BCUT2D eigenvalue weighted by Crippen LogP contribution is -2.52. The van der Waals surface area contributed by atoms with Crippen molar-refractivity contribution in [1.82, 2.24) is 10.2 Å². The van der Waals surface area contributed by atoms with E-state index >= 15 is 0 Å². The van der Waals surface area contributed by atoms with Crippen LogP contribution >= 0.6 is 11.6 Å². The third-order valence-electron chi connectivity index (χ3n) is 6.25. The molecule has 1 aliphatic rings. The lowest BCUT2D eigenvalue weighted by atomic mass is 10.1. The van der Waals surface area contributed by atoms with Crippen LogP contribution in [0.1, 0.15) is 43.7 Å². The van der Waals surface area contributed by atoms with Gasteiger partial charge in [0.1, 0.15) is 18.4 Å². The minimum atomic E-state index is -3.85. The second-order valence-electron chi connectivity index (χ2n) is 9.01. The second-order valence-corrected chi connectivity index (χ2v) is 11.4. The van der Waals surface area contributed by atoms with E-state index in [1.807, 2.05) is 0 Å². The van der Waals surface area contributed by atoms with Gasteiger partial charge in [0.25, 0.3) is 0 Å². The van der Waals surface area contributed by atoms with Crippen molar-refractivity contribution in [3.63, 3.8) is 0 Å². The summed E-state index contributed by atoms with van der Waals surface area (Å²) in [4.78, 5) is 27.9. The van der Waals surface area contributed by atoms with Gasteiger partial charge in [-0.2, -0.15) is 0 Å². The molecule has 0 spiro atoms. The molecule has 3 rings (SSSR count). The quantitative estimate of drug-likeness (QED) is 0.537. The minimum absolute atomic E-state index is 0.0183. The molecule has 1 saturated carbocycles. The lowest BCUT2D eigenvalue weighted by molar-refractivity contribution is -0.139. The van der Waals surface area contributed by atoms with E-state index in [0.29, 0.717) is 16.1 Å². The van der Waals surface area contributed by atoms with Crippen LogP contribution in [-0.2, 0) is 26.2 Å². The molecule has 0 aromatic heterocycles. The lowest BCUT2D eigenvalue weighted by Gasteiger charge is -2.32. The Morgan fingerprint density at radius 3 is 2.37 bits per heavy atom. The van der Waals surface area contributed by atoms with Crippen LogP contribution in [-0.4, -0.2) is 50.0 Å². The fourth-order valence-electron chi connectivity index (χ4n) is 4.21. The van der Waals surface area contributed by atoms with Crippen LogP contribution in [0, 0.1) is 12.7 Å². The third kappa shape index (κ3) is 7.18. The number of carbonyl (C=O) groups excluding carboxylic acids is 2. The molecule has 10 heteroatoms. The largest absolute Gasteiger partial charge is 0.352 e. The SMILES string of the molecule is Cc1ccc(Cl)cc1N(CC(=O)N(Cc1ccc(F)cc1)[C@@H](C)C(=O)NC1CCCC1)S(C)(=O)=O. The smallest absolute Gasteiger partial charge is 0.244 e. The monoisotopic (exact) mass is 523 g/mol. The number of anilines is 1. The van der Waals surface area contributed by atoms with E-state index in [1.54, 1.807) is 26.0 Å². The van der Waals surface area contributed by atoms with Crippen molar-refractivity contribution in [1.29, 1.82) is 0 Å². The molecule has 0 bridgehead atoms. The molecular formula is C25H31ClFN3O4S. The molecule has 1 N–H and O–H groups in total. The maximum atomic E-state index is 13.6. The van der Waals surface area contributed by atoms with Crippen LogP contribution in [0.3, 0.4) is 0 Å². The van der Waals surface area contributed by atoms with Crippen molar-refractivity contribution in [2.45, 2.75) is 58.2 Å². The summed E-state index contributed by atoms with van der Waals surface area (Å²) < 4.78 is 39.8. The molecule has 1 atom stereocenters. The number of carbonyl (C=O) groups is 2. The Morgan fingerprint density at radius 2 is 1.77 bits per heavy atom. The van der Waals surface area contributed by atoms with Crippen LogP contribution in [0.25, 0.3) is 0 Å². The van der Waals surface area contributed by atoms with E-state index in [0.717, 1.165) is 36.2 Å². The first-order valence-electron chi connectivity index (χ1n) is 11.5. The minimum Gasteiger partial charge on any atom is -0.352 e. The molecule has 0 unspecified atom stereocenters. The maximum absolute atomic E-state index is 13.6. The average Bonchev–Trinajstić information content (AvgIpc) is 3.30. The molecule has 7 nitrogen and oxygen atoms in total. The number of benzene rings is 2. The number of hydrogen-bond donors (Lipinski definition) is 1. The first-order valence-corrected chi connectivity index (χ1v) is 13.8. The van der Waals surface area contributed by atoms with Crippen LogP contribution in [0.4, 0.5) is 10.1 Å². The van der Waals surface area contributed by atoms with E-state index in [2.05, 4.69) is 5.32 Å². The van der Waals surface area contributed by atoms with Crippen LogP contribution in [0.2, 0.25) is 5.02 Å². The highest BCUT2D eigenvalue weighted by molar-refractivity contribution is 7.92. The van der Waals surface area contributed by atoms with Gasteiger partial charge in [0.2, 0.25) is 21.8 Å². The predicted molar refractivity (Wildman–Crippen MR) is 135 cm³/mol. The molecular weight excluding hydrogens is 493 g/mol. The van der Waals surface area contributed by atoms with Crippen molar-refractivity contribution in [3.8, 4) is 0 Å². The summed E-state index contributed by atoms with van der Waals surface area (Å²) in [6, 6.07) is 9.63. The summed E-state index contributed by atoms with van der Waals surface area (Å²) >= 11 is 6.10. The Morgan fingerprint density at radius 1 is 1.14 bits per heavy atom. The first-order chi connectivity index (χ1) is 16.5. The zero-order valence-electron chi connectivity index (χ0n) is 20.1. The van der Waals surface area contributed by atoms with Gasteiger partial charge in [0, 0.05) is 17.6 Å². The Kier molecular flexibility index (Phi) is 8.77. The molecule has 35 heavy (non-hydrogen) atoms. The average molecular weight is 524 g/mol. The maximum Gasteiger partial charge on any atom is 0.244 e. The number of amides is 2. The summed E-state index contributed by atoms with van der Waals surface area (Å²) in [6.45, 7) is 2.84. The summed E-state index contributed by atoms with van der Waals surface area (Å²) in [5.74, 6) is -1.29. The molecule has 2 aromatic rings. The highest BCUT2D eigenvalue weighted by Gasteiger charge is 2.31. The zero-order valence-corrected chi connectivity index (χ0v) is 21.7. The third-order valence-corrected chi connectivity index (χ3v) is 7.62. The van der Waals surface area contributed by atoms with Crippen LogP contribution < -0.4 is 9.62 Å². The van der Waals surface area contributed by atoms with E-state index in [4.69, 9.17) is 11.6 Å². The topological polar surface area (TPSA) is 86.8 Å². The van der Waals surface area contributed by atoms with E-state index in [9.17, 15) is 22.4 Å². The van der Waals surface area contributed by atoms with Crippen molar-refractivity contribution >= 4 is 39.1 Å². The van der Waals surface area contributed by atoms with Gasteiger partial charge in [-0.25, -0.2) is 12.8 Å². The van der Waals surface area contributed by atoms with Gasteiger partial charge in [-0.3, -0.25) is 13.9 Å². The van der Waals surface area contributed by atoms with Gasteiger partial charge >= 0.3 is 0 Å². The molecule has 190 valence electrons.